The van der Waals surface area contributed by atoms with Gasteiger partial charge in [0.1, 0.15) is 23.1 Å². The van der Waals surface area contributed by atoms with E-state index < -0.39 is 52.3 Å². The van der Waals surface area contributed by atoms with Gasteiger partial charge >= 0.3 is 0 Å². The molecule has 40 heavy (non-hydrogen) atoms. The normalized spacial score (nSPS) is 30.9. The van der Waals surface area contributed by atoms with Crippen LogP contribution < -0.4 is 5.73 Å². The van der Waals surface area contributed by atoms with E-state index in [4.69, 9.17) is 5.73 Å². The monoisotopic (exact) mass is 553 g/mol. The summed E-state index contributed by atoms with van der Waals surface area (Å²) < 4.78 is 16.1. The number of hydrogen-bond donors (Lipinski definition) is 5. The molecule has 6 N–H and O–H groups in total. The lowest BCUT2D eigenvalue weighted by atomic mass is 9.57. The first-order valence-corrected chi connectivity index (χ1v) is 13.8. The van der Waals surface area contributed by atoms with Crippen LogP contribution in [0.3, 0.4) is 0 Å². The molecule has 0 spiro atoms. The molecule has 1 unspecified atom stereocenters. The van der Waals surface area contributed by atoms with Crippen LogP contribution in [0.15, 0.2) is 40.9 Å². The number of allylic oxidation sites excluding steroid dienone is 1. The number of fused-ring (bicyclic) bond motifs is 3. The zero-order chi connectivity index (χ0) is 29.0. The number of likely N-dealkylation sites (N-methyl/N-ethyl adjacent to an activating group) is 1. The molecule has 0 aromatic heterocycles. The molecule has 0 radical (unpaired) electrons. The van der Waals surface area contributed by atoms with E-state index in [1.165, 1.54) is 18.9 Å². The highest BCUT2D eigenvalue weighted by atomic mass is 19.1. The number of phenolic OH excluding ortho intramolecular Hbond substituents is 1. The fourth-order valence-corrected chi connectivity index (χ4v) is 7.90. The second-order valence-electron chi connectivity index (χ2n) is 12.6. The van der Waals surface area contributed by atoms with Crippen molar-refractivity contribution in [1.82, 2.24) is 9.80 Å². The topological polar surface area (TPSA) is 148 Å². The molecule has 1 aromatic carbocycles. The number of amides is 1. The number of primary amides is 1. The van der Waals surface area contributed by atoms with Crippen molar-refractivity contribution in [3.63, 3.8) is 0 Å². The Morgan fingerprint density at radius 3 is 2.40 bits per heavy atom. The van der Waals surface area contributed by atoms with Gasteiger partial charge in [-0.15, -0.1) is 0 Å². The summed E-state index contributed by atoms with van der Waals surface area (Å²) in [4.78, 5) is 29.8. The van der Waals surface area contributed by atoms with Crippen molar-refractivity contribution in [2.24, 2.45) is 23.5 Å². The number of nitrogens with two attached hydrogens (primary N) is 1. The van der Waals surface area contributed by atoms with Gasteiger partial charge in [-0.1, -0.05) is 6.58 Å². The molecule has 0 heterocycles. The van der Waals surface area contributed by atoms with Crippen molar-refractivity contribution >= 4 is 11.7 Å². The van der Waals surface area contributed by atoms with Gasteiger partial charge in [0.05, 0.1) is 17.2 Å². The maximum atomic E-state index is 16.1. The Morgan fingerprint density at radius 2 is 1.85 bits per heavy atom. The smallest absolute Gasteiger partial charge is 0.252 e. The van der Waals surface area contributed by atoms with E-state index in [1.807, 2.05) is 7.05 Å². The number of carbonyl (C=O) groups excluding carboxylic acids is 2. The van der Waals surface area contributed by atoms with Crippen molar-refractivity contribution in [3.05, 3.63) is 63.4 Å². The quantitative estimate of drug-likeness (QED) is 0.361. The fourth-order valence-electron chi connectivity index (χ4n) is 7.90. The van der Waals surface area contributed by atoms with Gasteiger partial charge in [-0.25, -0.2) is 4.39 Å². The molecule has 9 nitrogen and oxygen atoms in total. The summed E-state index contributed by atoms with van der Waals surface area (Å²) in [5, 5.41) is 45.4. The summed E-state index contributed by atoms with van der Waals surface area (Å²) >= 11 is 0. The van der Waals surface area contributed by atoms with Gasteiger partial charge in [-0.3, -0.25) is 19.4 Å². The van der Waals surface area contributed by atoms with Gasteiger partial charge in [-0.2, -0.15) is 0 Å². The molecule has 0 aliphatic heterocycles. The Hall–Kier alpha value is -3.21. The highest BCUT2D eigenvalue weighted by molar-refractivity contribution is 6.13. The molecule has 5 aliphatic carbocycles. The predicted molar refractivity (Wildman–Crippen MR) is 144 cm³/mol. The molecule has 0 bridgehead atoms. The third-order valence-corrected chi connectivity index (χ3v) is 10.2. The number of halogens is 1. The maximum absolute atomic E-state index is 16.1. The second-order valence-corrected chi connectivity index (χ2v) is 12.6. The molecular formula is C30H36FN3O6. The third-order valence-electron chi connectivity index (χ3n) is 10.2. The lowest BCUT2D eigenvalue weighted by Gasteiger charge is -2.52. The second kappa shape index (κ2) is 8.64. The predicted octanol–water partition coefficient (Wildman–Crippen LogP) is 2.62. The minimum Gasteiger partial charge on any atom is -0.510 e. The van der Waals surface area contributed by atoms with Crippen LogP contribution in [-0.2, 0) is 17.8 Å². The maximum Gasteiger partial charge on any atom is 0.252 e. The van der Waals surface area contributed by atoms with Crippen LogP contribution in [-0.4, -0.2) is 80.2 Å². The van der Waals surface area contributed by atoms with Gasteiger partial charge in [0.25, 0.3) is 5.91 Å². The van der Waals surface area contributed by atoms with Crippen molar-refractivity contribution in [3.8, 4) is 5.75 Å². The molecule has 4 atom stereocenters. The average molecular weight is 554 g/mol. The Morgan fingerprint density at radius 1 is 1.20 bits per heavy atom. The first-order valence-electron chi connectivity index (χ1n) is 13.8. The summed E-state index contributed by atoms with van der Waals surface area (Å²) in [5.41, 5.74) is 2.62. The number of Topliss-reactive ketones (excluding diaryl/α,β-unsaturated/α-hetero) is 1. The lowest BCUT2D eigenvalue weighted by Crippen LogP contribution is -2.60. The molecule has 5 aliphatic rings. The number of benzene rings is 1. The van der Waals surface area contributed by atoms with Crippen molar-refractivity contribution in [2.45, 2.75) is 62.3 Å². The van der Waals surface area contributed by atoms with Gasteiger partial charge in [-0.05, 0) is 77.6 Å². The Kier molecular flexibility index (Phi) is 5.83. The third kappa shape index (κ3) is 3.48. The van der Waals surface area contributed by atoms with E-state index in [-0.39, 0.29) is 52.2 Å². The summed E-state index contributed by atoms with van der Waals surface area (Å²) in [7, 11) is 5.26. The molecule has 10 heteroatoms. The lowest BCUT2D eigenvalue weighted by molar-refractivity contribution is -0.115. The number of ketones is 1. The SMILES string of the molecule is C=C1C(C(N)=O)=C(O)[C@@H](N(C)C)C2C[C@@H]3Cc4c(F)c(CN(C)C5(C6CC6)CC5)cc(O)c4C(=O)C3=C(O)[C@]12O. The molecule has 214 valence electrons. The zero-order valence-electron chi connectivity index (χ0n) is 23.0. The minimum absolute atomic E-state index is 0.0114. The summed E-state index contributed by atoms with van der Waals surface area (Å²) in [5.74, 6) is -4.82. The van der Waals surface area contributed by atoms with Crippen LogP contribution in [0.1, 0.15) is 53.6 Å². The number of rotatable bonds is 6. The number of nitrogens with zero attached hydrogens (tertiary/aromatic N) is 2. The zero-order valence-corrected chi connectivity index (χ0v) is 23.0. The van der Waals surface area contributed by atoms with E-state index in [0.29, 0.717) is 18.0 Å². The number of aliphatic hydroxyl groups is 3. The molecule has 1 aromatic rings. The molecule has 0 saturated heterocycles. The van der Waals surface area contributed by atoms with Crippen LogP contribution in [0.2, 0.25) is 0 Å². The Bertz CT molecular complexity index is 1440. The van der Waals surface area contributed by atoms with Crippen LogP contribution in [0.25, 0.3) is 0 Å². The van der Waals surface area contributed by atoms with E-state index >= 15 is 4.39 Å². The van der Waals surface area contributed by atoms with Crippen molar-refractivity contribution in [1.29, 1.82) is 0 Å². The van der Waals surface area contributed by atoms with Crippen molar-refractivity contribution in [2.75, 3.05) is 21.1 Å². The average Bonchev–Trinajstić information content (AvgIpc) is 3.77. The molecular weight excluding hydrogens is 517 g/mol. The first kappa shape index (κ1) is 27.0. The Labute approximate surface area is 232 Å². The van der Waals surface area contributed by atoms with Crippen LogP contribution in [0.4, 0.5) is 4.39 Å². The number of aliphatic hydroxyl groups excluding tert-OH is 2. The number of carbonyl (C=O) groups is 2. The number of phenols is 1. The van der Waals surface area contributed by atoms with Crippen LogP contribution >= 0.6 is 0 Å². The number of aromatic hydroxyl groups is 1. The van der Waals surface area contributed by atoms with E-state index in [1.54, 1.807) is 19.0 Å². The summed E-state index contributed by atoms with van der Waals surface area (Å²) in [6.45, 7) is 4.08. The van der Waals surface area contributed by atoms with E-state index in [0.717, 1.165) is 12.8 Å². The first-order chi connectivity index (χ1) is 18.8. The van der Waals surface area contributed by atoms with Gasteiger partial charge in [0.2, 0.25) is 0 Å². The Balaban J connectivity index is 1.43. The van der Waals surface area contributed by atoms with E-state index in [2.05, 4.69) is 11.5 Å². The van der Waals surface area contributed by atoms with Gasteiger partial charge in [0.15, 0.2) is 11.4 Å². The minimum atomic E-state index is -2.28. The fraction of sp³-hybridized carbons (Fsp3) is 0.533. The largest absolute Gasteiger partial charge is 0.510 e. The molecule has 2 fully saturated rings. The van der Waals surface area contributed by atoms with Crippen molar-refractivity contribution < 1.29 is 34.4 Å². The standard InChI is InChI=1S/C30H36FN3O6/c1-13-20(28(32)39)26(37)24(33(2)3)18-10-14-9-17-22(25(36)21(14)27(38)30(13,18)40)19(35)11-15(23(17)31)12-34(4)29(7-8-29)16-5-6-16/h11,14,16,18,24,35,37-38,40H,1,5-10,12H2,2-4H3,(H2,32,39)/t14-,18?,24-,30-/m0/s1. The number of hydrogen-bond acceptors (Lipinski definition) is 8. The molecule has 1 amide bonds. The van der Waals surface area contributed by atoms with Gasteiger partial charge in [0, 0.05) is 40.3 Å². The molecule has 2 saturated carbocycles. The highest BCUT2D eigenvalue weighted by Crippen LogP contribution is 2.58. The summed E-state index contributed by atoms with van der Waals surface area (Å²) in [6, 6.07) is 0.353. The molecule has 6 rings (SSSR count). The van der Waals surface area contributed by atoms with Gasteiger partial charge < -0.3 is 26.2 Å². The van der Waals surface area contributed by atoms with E-state index in [9.17, 15) is 30.0 Å². The van der Waals surface area contributed by atoms with Crippen LogP contribution in [0, 0.1) is 23.6 Å². The summed E-state index contributed by atoms with van der Waals surface area (Å²) in [6.07, 6.45) is 4.59. The highest BCUT2D eigenvalue weighted by Gasteiger charge is 2.61. The van der Waals surface area contributed by atoms with Crippen LogP contribution in [0.5, 0.6) is 5.75 Å².